The molecule has 0 unspecified atom stereocenters. The van der Waals surface area contributed by atoms with E-state index in [1.54, 1.807) is 0 Å². The van der Waals surface area contributed by atoms with E-state index < -0.39 is 0 Å². The van der Waals surface area contributed by atoms with Crippen molar-refractivity contribution in [3.63, 3.8) is 0 Å². The van der Waals surface area contributed by atoms with E-state index in [0.717, 1.165) is 36.8 Å². The molecule has 0 aliphatic heterocycles. The molecule has 1 aliphatic rings. The normalized spacial score (nSPS) is 14.6. The van der Waals surface area contributed by atoms with Crippen LogP contribution in [0.2, 0.25) is 5.02 Å². The maximum Gasteiger partial charge on any atom is 0.113 e. The molecule has 21 heavy (non-hydrogen) atoms. The van der Waals surface area contributed by atoms with Gasteiger partial charge in [0.2, 0.25) is 0 Å². The predicted octanol–water partition coefficient (Wildman–Crippen LogP) is 3.79. The van der Waals surface area contributed by atoms with Crippen molar-refractivity contribution in [1.29, 1.82) is 0 Å². The first-order valence-electron chi connectivity index (χ1n) is 7.77. The van der Waals surface area contributed by atoms with Gasteiger partial charge in [-0.1, -0.05) is 30.7 Å². The Labute approximate surface area is 131 Å². The molecule has 3 nitrogen and oxygen atoms in total. The summed E-state index contributed by atoms with van der Waals surface area (Å²) in [6.45, 7) is 4.08. The summed E-state index contributed by atoms with van der Waals surface area (Å²) < 4.78 is 2.23. The zero-order valence-electron chi connectivity index (χ0n) is 12.5. The minimum absolute atomic E-state index is 0.702. The van der Waals surface area contributed by atoms with Gasteiger partial charge in [-0.25, -0.2) is 4.98 Å². The van der Waals surface area contributed by atoms with Gasteiger partial charge in [-0.2, -0.15) is 0 Å². The number of nitrogens with zero attached hydrogens (tertiary/aromatic N) is 2. The third-order valence-corrected chi connectivity index (χ3v) is 4.27. The molecule has 1 fully saturated rings. The topological polar surface area (TPSA) is 29.9 Å². The summed E-state index contributed by atoms with van der Waals surface area (Å²) in [7, 11) is 0. The number of aromatic nitrogens is 2. The van der Waals surface area contributed by atoms with Gasteiger partial charge in [-0.05, 0) is 36.5 Å². The Hall–Kier alpha value is -1.32. The van der Waals surface area contributed by atoms with Crippen molar-refractivity contribution in [1.82, 2.24) is 14.9 Å². The van der Waals surface area contributed by atoms with Gasteiger partial charge in [-0.15, -0.1) is 0 Å². The fourth-order valence-electron chi connectivity index (χ4n) is 2.55. The molecular weight excluding hydrogens is 282 g/mol. The summed E-state index contributed by atoms with van der Waals surface area (Å²) in [5.41, 5.74) is 2.46. The van der Waals surface area contributed by atoms with Crippen LogP contribution in [-0.4, -0.2) is 15.6 Å². The predicted molar refractivity (Wildman–Crippen MR) is 86.6 cm³/mol. The lowest BCUT2D eigenvalue weighted by Gasteiger charge is -2.10. The maximum absolute atomic E-state index is 6.30. The summed E-state index contributed by atoms with van der Waals surface area (Å²) in [6.07, 6.45) is 8.53. The van der Waals surface area contributed by atoms with Crippen LogP contribution in [0.4, 0.5) is 0 Å². The fraction of sp³-hybridized carbons (Fsp3) is 0.471. The van der Waals surface area contributed by atoms with Crippen molar-refractivity contribution < 1.29 is 0 Å². The second kappa shape index (κ2) is 6.63. The molecule has 1 N–H and O–H groups in total. The van der Waals surface area contributed by atoms with E-state index in [0.29, 0.717) is 6.04 Å². The zero-order valence-corrected chi connectivity index (χ0v) is 13.2. The van der Waals surface area contributed by atoms with E-state index in [9.17, 15) is 0 Å². The fourth-order valence-corrected chi connectivity index (χ4v) is 2.73. The molecule has 4 heteroatoms. The van der Waals surface area contributed by atoms with Crippen molar-refractivity contribution in [3.8, 4) is 0 Å². The Morgan fingerprint density at radius 3 is 3.00 bits per heavy atom. The highest BCUT2D eigenvalue weighted by molar-refractivity contribution is 6.31. The largest absolute Gasteiger partial charge is 0.335 e. The third kappa shape index (κ3) is 3.86. The number of imidazole rings is 1. The number of hydrogen-bond acceptors (Lipinski definition) is 2. The minimum Gasteiger partial charge on any atom is -0.335 e. The number of aryl methyl sites for hydroxylation is 1. The van der Waals surface area contributed by atoms with E-state index >= 15 is 0 Å². The van der Waals surface area contributed by atoms with Crippen LogP contribution >= 0.6 is 11.6 Å². The van der Waals surface area contributed by atoms with Gasteiger partial charge in [0.05, 0.1) is 0 Å². The molecule has 3 rings (SSSR count). The molecule has 0 spiro atoms. The monoisotopic (exact) mass is 303 g/mol. The highest BCUT2D eigenvalue weighted by atomic mass is 35.5. The number of benzene rings is 1. The van der Waals surface area contributed by atoms with Crippen molar-refractivity contribution in [2.45, 2.75) is 51.7 Å². The molecule has 2 aromatic rings. The SMILES string of the molecule is CCCn1ccnc1Cc1ccc(Cl)c(CNC2CC2)c1. The van der Waals surface area contributed by atoms with Crippen LogP contribution in [0.15, 0.2) is 30.6 Å². The quantitative estimate of drug-likeness (QED) is 0.843. The first-order chi connectivity index (χ1) is 10.3. The van der Waals surface area contributed by atoms with Crippen molar-refractivity contribution in [3.05, 3.63) is 52.6 Å². The van der Waals surface area contributed by atoms with Crippen LogP contribution in [0.25, 0.3) is 0 Å². The smallest absolute Gasteiger partial charge is 0.113 e. The molecule has 112 valence electrons. The Balaban J connectivity index is 1.72. The van der Waals surface area contributed by atoms with Gasteiger partial charge < -0.3 is 9.88 Å². The minimum atomic E-state index is 0.702. The van der Waals surface area contributed by atoms with E-state index in [1.165, 1.54) is 24.0 Å². The van der Waals surface area contributed by atoms with Gasteiger partial charge >= 0.3 is 0 Å². The summed E-state index contributed by atoms with van der Waals surface area (Å²) in [5.74, 6) is 1.13. The average Bonchev–Trinajstić information content (AvgIpc) is 3.21. The Kier molecular flexibility index (Phi) is 4.61. The van der Waals surface area contributed by atoms with Crippen LogP contribution in [-0.2, 0) is 19.5 Å². The Morgan fingerprint density at radius 1 is 1.38 bits per heavy atom. The van der Waals surface area contributed by atoms with Crippen molar-refractivity contribution in [2.24, 2.45) is 0 Å². The molecule has 1 aromatic heterocycles. The Morgan fingerprint density at radius 2 is 2.24 bits per heavy atom. The molecule has 0 amide bonds. The van der Waals surface area contributed by atoms with Gasteiger partial charge in [0.15, 0.2) is 0 Å². The van der Waals surface area contributed by atoms with Gasteiger partial charge in [0.1, 0.15) is 5.82 Å². The molecular formula is C17H22ClN3. The summed E-state index contributed by atoms with van der Waals surface area (Å²) in [6, 6.07) is 7.03. The van der Waals surface area contributed by atoms with Crippen LogP contribution in [0.1, 0.15) is 43.1 Å². The molecule has 1 aliphatic carbocycles. The number of hydrogen-bond donors (Lipinski definition) is 1. The van der Waals surface area contributed by atoms with Crippen LogP contribution in [0.5, 0.6) is 0 Å². The summed E-state index contributed by atoms with van der Waals surface area (Å²) in [4.78, 5) is 4.48. The van der Waals surface area contributed by atoms with Gasteiger partial charge in [-0.3, -0.25) is 0 Å². The highest BCUT2D eigenvalue weighted by Gasteiger charge is 2.20. The van der Waals surface area contributed by atoms with E-state index in [-0.39, 0.29) is 0 Å². The lowest BCUT2D eigenvalue weighted by atomic mass is 10.1. The van der Waals surface area contributed by atoms with Gasteiger partial charge in [0.25, 0.3) is 0 Å². The molecule has 1 heterocycles. The lowest BCUT2D eigenvalue weighted by Crippen LogP contribution is -2.15. The average molecular weight is 304 g/mol. The molecule has 0 radical (unpaired) electrons. The standard InChI is InChI=1S/C17H22ClN3/c1-2-8-21-9-7-19-17(21)11-13-3-6-16(18)14(10-13)12-20-15-4-5-15/h3,6-7,9-10,15,20H,2,4-5,8,11-12H2,1H3. The molecule has 0 saturated heterocycles. The molecule has 0 bridgehead atoms. The second-order valence-corrected chi connectivity index (χ2v) is 6.20. The lowest BCUT2D eigenvalue weighted by molar-refractivity contribution is 0.646. The number of nitrogens with one attached hydrogen (secondary N) is 1. The molecule has 1 saturated carbocycles. The summed E-state index contributed by atoms with van der Waals surface area (Å²) in [5, 5.41) is 4.38. The van der Waals surface area contributed by atoms with Crippen LogP contribution in [0.3, 0.4) is 0 Å². The second-order valence-electron chi connectivity index (χ2n) is 5.79. The van der Waals surface area contributed by atoms with Crippen molar-refractivity contribution in [2.75, 3.05) is 0 Å². The van der Waals surface area contributed by atoms with Gasteiger partial charge in [0, 0.05) is 43.0 Å². The summed E-state index contributed by atoms with van der Waals surface area (Å²) >= 11 is 6.30. The van der Waals surface area contributed by atoms with E-state index in [1.807, 2.05) is 12.3 Å². The number of rotatable bonds is 7. The first-order valence-corrected chi connectivity index (χ1v) is 8.14. The highest BCUT2D eigenvalue weighted by Crippen LogP contribution is 2.23. The maximum atomic E-state index is 6.30. The molecule has 1 aromatic carbocycles. The van der Waals surface area contributed by atoms with Crippen molar-refractivity contribution >= 4 is 11.6 Å². The number of halogens is 1. The zero-order chi connectivity index (χ0) is 14.7. The third-order valence-electron chi connectivity index (χ3n) is 3.90. The Bertz CT molecular complexity index is 602. The molecule has 0 atom stereocenters. The van der Waals surface area contributed by atoms with Crippen LogP contribution < -0.4 is 5.32 Å². The first kappa shape index (κ1) is 14.6. The van der Waals surface area contributed by atoms with Crippen LogP contribution in [0, 0.1) is 0 Å². The van der Waals surface area contributed by atoms with E-state index in [2.05, 4.69) is 40.1 Å². The van der Waals surface area contributed by atoms with E-state index in [4.69, 9.17) is 11.6 Å².